The van der Waals surface area contributed by atoms with Crippen molar-refractivity contribution in [3.8, 4) is 0 Å². The lowest BCUT2D eigenvalue weighted by Crippen LogP contribution is -2.41. The molecular weight excluding hydrogens is 262 g/mol. The lowest BCUT2D eigenvalue weighted by molar-refractivity contribution is 0.173. The molecule has 4 nitrogen and oxygen atoms in total. The fraction of sp³-hybridized carbons (Fsp3) is 0.571. The summed E-state index contributed by atoms with van der Waals surface area (Å²) in [5.41, 5.74) is 0.658. The normalized spacial score (nSPS) is 18.3. The van der Waals surface area contributed by atoms with E-state index in [1.165, 1.54) is 4.31 Å². The molecule has 1 aliphatic rings. The maximum atomic E-state index is 12.5. The first-order valence-electron chi connectivity index (χ1n) is 6.73. The number of hydrogen-bond donors (Lipinski definition) is 1. The Balaban J connectivity index is 2.29. The van der Waals surface area contributed by atoms with Gasteiger partial charge in [-0.3, -0.25) is 0 Å². The number of rotatable bonds is 5. The van der Waals surface area contributed by atoms with Crippen LogP contribution in [0.3, 0.4) is 0 Å². The molecule has 0 aromatic heterocycles. The highest BCUT2D eigenvalue weighted by Crippen LogP contribution is 2.29. The van der Waals surface area contributed by atoms with Gasteiger partial charge in [0.25, 0.3) is 0 Å². The Morgan fingerprint density at radius 3 is 2.63 bits per heavy atom. The maximum absolute atomic E-state index is 12.5. The van der Waals surface area contributed by atoms with Gasteiger partial charge in [0.15, 0.2) is 0 Å². The van der Waals surface area contributed by atoms with E-state index in [1.807, 2.05) is 6.92 Å². The minimum atomic E-state index is -3.44. The van der Waals surface area contributed by atoms with Gasteiger partial charge in [0.2, 0.25) is 10.0 Å². The number of nitrogens with zero attached hydrogens (tertiary/aromatic N) is 1. The third-order valence-corrected chi connectivity index (χ3v) is 5.80. The van der Waals surface area contributed by atoms with Gasteiger partial charge in [-0.1, -0.05) is 25.5 Å². The van der Waals surface area contributed by atoms with Crippen LogP contribution in [0.5, 0.6) is 0 Å². The molecule has 2 rings (SSSR count). The molecule has 0 bridgehead atoms. The first-order chi connectivity index (χ1) is 8.96. The van der Waals surface area contributed by atoms with Gasteiger partial charge in [0.05, 0.1) is 11.0 Å². The van der Waals surface area contributed by atoms with Crippen LogP contribution in [0.4, 0.5) is 0 Å². The number of benzene rings is 1. The van der Waals surface area contributed by atoms with Crippen LogP contribution in [-0.4, -0.2) is 30.9 Å². The van der Waals surface area contributed by atoms with Gasteiger partial charge in [-0.05, 0) is 37.0 Å². The van der Waals surface area contributed by atoms with Crippen molar-refractivity contribution in [1.29, 1.82) is 0 Å². The van der Waals surface area contributed by atoms with Gasteiger partial charge in [-0.25, -0.2) is 8.42 Å². The summed E-state index contributed by atoms with van der Waals surface area (Å²) < 4.78 is 26.4. The molecule has 1 N–H and O–H groups in total. The Morgan fingerprint density at radius 1 is 1.42 bits per heavy atom. The molecule has 106 valence electrons. The van der Waals surface area contributed by atoms with Crippen molar-refractivity contribution < 1.29 is 13.5 Å². The second-order valence-electron chi connectivity index (χ2n) is 5.10. The van der Waals surface area contributed by atoms with E-state index in [1.54, 1.807) is 31.3 Å². The topological polar surface area (TPSA) is 57.6 Å². The molecule has 0 heterocycles. The van der Waals surface area contributed by atoms with Gasteiger partial charge < -0.3 is 5.11 Å². The second-order valence-corrected chi connectivity index (χ2v) is 7.10. The smallest absolute Gasteiger partial charge is 0.243 e. The fourth-order valence-electron chi connectivity index (χ4n) is 2.23. The van der Waals surface area contributed by atoms with E-state index < -0.39 is 16.1 Å². The summed E-state index contributed by atoms with van der Waals surface area (Å²) in [7, 11) is -1.80. The van der Waals surface area contributed by atoms with E-state index in [9.17, 15) is 13.5 Å². The Labute approximate surface area is 115 Å². The van der Waals surface area contributed by atoms with Crippen LogP contribution >= 0.6 is 0 Å². The lowest BCUT2D eigenvalue weighted by atomic mass is 9.94. The molecule has 1 aromatic rings. The Kier molecular flexibility index (Phi) is 4.28. The highest BCUT2D eigenvalue weighted by Gasteiger charge is 2.31. The predicted molar refractivity (Wildman–Crippen MR) is 74.3 cm³/mol. The van der Waals surface area contributed by atoms with E-state index in [4.69, 9.17) is 0 Å². The van der Waals surface area contributed by atoms with E-state index in [2.05, 4.69) is 0 Å². The summed E-state index contributed by atoms with van der Waals surface area (Å²) in [5.74, 6) is 0. The molecule has 1 atom stereocenters. The summed E-state index contributed by atoms with van der Waals surface area (Å²) in [5, 5.41) is 9.82. The number of aliphatic hydroxyl groups is 1. The monoisotopic (exact) mass is 283 g/mol. The van der Waals surface area contributed by atoms with Crippen LogP contribution in [0.15, 0.2) is 29.2 Å². The summed E-state index contributed by atoms with van der Waals surface area (Å²) in [6.07, 6.45) is 2.94. The molecule has 5 heteroatoms. The van der Waals surface area contributed by atoms with Gasteiger partial charge in [-0.2, -0.15) is 4.31 Å². The standard InChI is InChI=1S/C14H21NO3S/c1-3-14(16)11-6-4-9-13(10-11)19(17,18)15(2)12-7-5-8-12/h4,6,9-10,12,14,16H,3,5,7-8H2,1-2H3. The average Bonchev–Trinajstić information content (AvgIpc) is 2.35. The van der Waals surface area contributed by atoms with Crippen LogP contribution in [0.1, 0.15) is 44.3 Å². The molecule has 1 aromatic carbocycles. The van der Waals surface area contributed by atoms with Gasteiger partial charge in [0, 0.05) is 13.1 Å². The van der Waals surface area contributed by atoms with Crippen LogP contribution in [0.25, 0.3) is 0 Å². The highest BCUT2D eigenvalue weighted by molar-refractivity contribution is 7.89. The average molecular weight is 283 g/mol. The van der Waals surface area contributed by atoms with E-state index in [-0.39, 0.29) is 10.9 Å². The van der Waals surface area contributed by atoms with Gasteiger partial charge in [-0.15, -0.1) is 0 Å². The highest BCUT2D eigenvalue weighted by atomic mass is 32.2. The fourth-order valence-corrected chi connectivity index (χ4v) is 3.70. The zero-order valence-corrected chi connectivity index (χ0v) is 12.2. The molecule has 0 amide bonds. The molecule has 1 aliphatic carbocycles. The summed E-state index contributed by atoms with van der Waals surface area (Å²) in [6, 6.07) is 6.76. The zero-order chi connectivity index (χ0) is 14.0. The predicted octanol–water partition coefficient (Wildman–Crippen LogP) is 2.30. The number of sulfonamides is 1. The summed E-state index contributed by atoms with van der Waals surface area (Å²) in [4.78, 5) is 0.270. The first-order valence-corrected chi connectivity index (χ1v) is 8.17. The van der Waals surface area contributed by atoms with Crippen LogP contribution in [-0.2, 0) is 10.0 Å². The third-order valence-electron chi connectivity index (χ3n) is 3.90. The van der Waals surface area contributed by atoms with Crippen molar-refractivity contribution in [1.82, 2.24) is 4.31 Å². The Bertz CT molecular complexity index is 537. The van der Waals surface area contributed by atoms with E-state index in [0.717, 1.165) is 19.3 Å². The van der Waals surface area contributed by atoms with Crippen molar-refractivity contribution in [2.45, 2.75) is 49.6 Å². The zero-order valence-electron chi connectivity index (χ0n) is 11.4. The minimum absolute atomic E-state index is 0.129. The molecule has 1 saturated carbocycles. The molecule has 0 aliphatic heterocycles. The lowest BCUT2D eigenvalue weighted by Gasteiger charge is -2.33. The summed E-state index contributed by atoms with van der Waals surface area (Å²) in [6.45, 7) is 1.87. The second kappa shape index (κ2) is 5.61. The first kappa shape index (κ1) is 14.5. The maximum Gasteiger partial charge on any atom is 0.243 e. The van der Waals surface area contributed by atoms with Crippen LogP contribution in [0, 0.1) is 0 Å². The molecule has 1 fully saturated rings. The van der Waals surface area contributed by atoms with Gasteiger partial charge in [0.1, 0.15) is 0 Å². The summed E-state index contributed by atoms with van der Waals surface area (Å²) >= 11 is 0. The van der Waals surface area contributed by atoms with E-state index >= 15 is 0 Å². The SMILES string of the molecule is CCC(O)c1cccc(S(=O)(=O)N(C)C2CCC2)c1. The number of aliphatic hydroxyl groups excluding tert-OH is 1. The van der Waals surface area contributed by atoms with Crippen molar-refractivity contribution >= 4 is 10.0 Å². The molecule has 0 radical (unpaired) electrons. The molecule has 0 saturated heterocycles. The quantitative estimate of drug-likeness (QED) is 0.902. The molecule has 19 heavy (non-hydrogen) atoms. The minimum Gasteiger partial charge on any atom is -0.388 e. The van der Waals surface area contributed by atoms with Crippen molar-refractivity contribution in [3.05, 3.63) is 29.8 Å². The third kappa shape index (κ3) is 2.83. The Morgan fingerprint density at radius 2 is 2.11 bits per heavy atom. The van der Waals surface area contributed by atoms with E-state index in [0.29, 0.717) is 12.0 Å². The Hall–Kier alpha value is -0.910. The number of hydrogen-bond acceptors (Lipinski definition) is 3. The molecular formula is C14H21NO3S. The van der Waals surface area contributed by atoms with Crippen LogP contribution < -0.4 is 0 Å². The molecule has 1 unspecified atom stereocenters. The largest absolute Gasteiger partial charge is 0.388 e. The van der Waals surface area contributed by atoms with Crippen molar-refractivity contribution in [2.24, 2.45) is 0 Å². The molecule has 0 spiro atoms. The van der Waals surface area contributed by atoms with Crippen molar-refractivity contribution in [3.63, 3.8) is 0 Å². The van der Waals surface area contributed by atoms with Gasteiger partial charge >= 0.3 is 0 Å². The van der Waals surface area contributed by atoms with Crippen LogP contribution in [0.2, 0.25) is 0 Å². The van der Waals surface area contributed by atoms with Crippen molar-refractivity contribution in [2.75, 3.05) is 7.05 Å².